The van der Waals surface area contributed by atoms with E-state index in [0.29, 0.717) is 5.82 Å². The Labute approximate surface area is 166 Å². The summed E-state index contributed by atoms with van der Waals surface area (Å²) in [7, 11) is 2.11. The number of rotatable bonds is 8. The number of aryl methyl sites for hydroxylation is 1. The first-order valence-electron chi connectivity index (χ1n) is 9.86. The molecule has 0 amide bonds. The van der Waals surface area contributed by atoms with E-state index >= 15 is 0 Å². The number of hydrogen-bond donors (Lipinski definition) is 1. The molecule has 0 bridgehead atoms. The van der Waals surface area contributed by atoms with Crippen LogP contribution in [0.25, 0.3) is 11.4 Å². The molecule has 5 heteroatoms. The number of nitrogens with zero attached hydrogens (tertiary/aromatic N) is 3. The fraction of sp³-hybridized carbons (Fsp3) is 0.348. The molecule has 1 atom stereocenters. The number of benzene rings is 1. The Kier molecular flexibility index (Phi) is 6.71. The topological polar surface area (TPSA) is 61.9 Å². The van der Waals surface area contributed by atoms with Crippen molar-refractivity contribution in [1.82, 2.24) is 19.9 Å². The van der Waals surface area contributed by atoms with E-state index < -0.39 is 0 Å². The van der Waals surface area contributed by atoms with E-state index in [1.165, 1.54) is 11.1 Å². The second-order valence-corrected chi connectivity index (χ2v) is 7.27. The smallest absolute Gasteiger partial charge is 0.251 e. The predicted molar refractivity (Wildman–Crippen MR) is 113 cm³/mol. The van der Waals surface area contributed by atoms with Gasteiger partial charge in [-0.05, 0) is 50.1 Å². The standard InChI is InChI=1S/C23H28N4O/c1-4-5-11-21-14-22(28)26-23(25-21)19-9-6-8-18(13-19)16-27(3)17(2)20-10-7-12-24-15-20/h6-10,12-15,17H,4-5,11,16H2,1-3H3,(H,25,26,28)/t17-/m0/s1. The summed E-state index contributed by atoms with van der Waals surface area (Å²) in [6, 6.07) is 14.2. The Hall–Kier alpha value is -2.79. The van der Waals surface area contributed by atoms with Crippen molar-refractivity contribution in [3.8, 4) is 11.4 Å². The summed E-state index contributed by atoms with van der Waals surface area (Å²) < 4.78 is 0. The average Bonchev–Trinajstić information content (AvgIpc) is 2.72. The summed E-state index contributed by atoms with van der Waals surface area (Å²) >= 11 is 0. The quantitative estimate of drug-likeness (QED) is 0.634. The molecule has 3 aromatic rings. The van der Waals surface area contributed by atoms with E-state index in [0.717, 1.165) is 37.1 Å². The number of nitrogens with one attached hydrogen (secondary N) is 1. The first-order valence-corrected chi connectivity index (χ1v) is 9.86. The summed E-state index contributed by atoms with van der Waals surface area (Å²) in [6.45, 7) is 5.11. The third-order valence-corrected chi connectivity index (χ3v) is 5.04. The van der Waals surface area contributed by atoms with Crippen LogP contribution in [-0.4, -0.2) is 26.9 Å². The molecule has 0 radical (unpaired) electrons. The van der Waals surface area contributed by atoms with Crippen LogP contribution in [0.2, 0.25) is 0 Å². The molecule has 5 nitrogen and oxygen atoms in total. The Bertz CT molecular complexity index is 952. The van der Waals surface area contributed by atoms with Gasteiger partial charge in [0.2, 0.25) is 0 Å². The minimum atomic E-state index is -0.0937. The summed E-state index contributed by atoms with van der Waals surface area (Å²) in [4.78, 5) is 26.1. The highest BCUT2D eigenvalue weighted by atomic mass is 16.1. The summed E-state index contributed by atoms with van der Waals surface area (Å²) in [6.07, 6.45) is 6.66. The lowest BCUT2D eigenvalue weighted by atomic mass is 10.1. The van der Waals surface area contributed by atoms with Gasteiger partial charge in [0, 0.05) is 42.3 Å². The zero-order valence-electron chi connectivity index (χ0n) is 16.9. The minimum Gasteiger partial charge on any atom is -0.307 e. The fourth-order valence-electron chi connectivity index (χ4n) is 3.25. The van der Waals surface area contributed by atoms with Crippen LogP contribution in [0.4, 0.5) is 0 Å². The van der Waals surface area contributed by atoms with E-state index in [-0.39, 0.29) is 11.6 Å². The Morgan fingerprint density at radius 1 is 1.18 bits per heavy atom. The number of hydrogen-bond acceptors (Lipinski definition) is 4. The molecule has 0 aliphatic heterocycles. The molecule has 0 saturated heterocycles. The zero-order valence-corrected chi connectivity index (χ0v) is 16.9. The fourth-order valence-corrected chi connectivity index (χ4v) is 3.25. The maximum Gasteiger partial charge on any atom is 0.251 e. The van der Waals surface area contributed by atoms with Gasteiger partial charge in [-0.15, -0.1) is 0 Å². The first-order chi connectivity index (χ1) is 13.6. The molecule has 0 unspecified atom stereocenters. The highest BCUT2D eigenvalue weighted by Crippen LogP contribution is 2.22. The molecule has 0 aliphatic carbocycles. The number of H-pyrrole nitrogens is 1. The molecule has 1 N–H and O–H groups in total. The molecule has 0 aliphatic rings. The Morgan fingerprint density at radius 3 is 2.79 bits per heavy atom. The summed E-state index contributed by atoms with van der Waals surface area (Å²) in [5.41, 5.74) is 4.07. The van der Waals surface area contributed by atoms with Crippen molar-refractivity contribution in [3.63, 3.8) is 0 Å². The molecule has 0 spiro atoms. The number of aromatic amines is 1. The van der Waals surface area contributed by atoms with Gasteiger partial charge in [-0.2, -0.15) is 0 Å². The number of unbranched alkanes of at least 4 members (excludes halogenated alkanes) is 1. The molecule has 1 aromatic carbocycles. The van der Waals surface area contributed by atoms with Gasteiger partial charge in [0.05, 0.1) is 0 Å². The van der Waals surface area contributed by atoms with Crippen LogP contribution < -0.4 is 5.56 Å². The lowest BCUT2D eigenvalue weighted by Crippen LogP contribution is -2.22. The van der Waals surface area contributed by atoms with Gasteiger partial charge in [-0.1, -0.05) is 37.6 Å². The molecule has 146 valence electrons. The van der Waals surface area contributed by atoms with Crippen molar-refractivity contribution in [1.29, 1.82) is 0 Å². The monoisotopic (exact) mass is 376 g/mol. The Balaban J connectivity index is 1.79. The van der Waals surface area contributed by atoms with Gasteiger partial charge >= 0.3 is 0 Å². The van der Waals surface area contributed by atoms with Crippen molar-refractivity contribution < 1.29 is 0 Å². The maximum absolute atomic E-state index is 12.0. The van der Waals surface area contributed by atoms with Crippen molar-refractivity contribution in [2.45, 2.75) is 45.7 Å². The molecular formula is C23H28N4O. The minimum absolute atomic E-state index is 0.0937. The van der Waals surface area contributed by atoms with Gasteiger partial charge in [-0.3, -0.25) is 14.7 Å². The van der Waals surface area contributed by atoms with E-state index in [1.54, 1.807) is 12.3 Å². The van der Waals surface area contributed by atoms with Crippen LogP contribution in [-0.2, 0) is 13.0 Å². The van der Waals surface area contributed by atoms with E-state index in [4.69, 9.17) is 0 Å². The first kappa shape index (κ1) is 20.0. The second-order valence-electron chi connectivity index (χ2n) is 7.27. The van der Waals surface area contributed by atoms with Crippen LogP contribution in [0.3, 0.4) is 0 Å². The van der Waals surface area contributed by atoms with E-state index in [9.17, 15) is 4.79 Å². The van der Waals surface area contributed by atoms with Crippen molar-refractivity contribution in [2.75, 3.05) is 7.05 Å². The highest BCUT2D eigenvalue weighted by Gasteiger charge is 2.13. The van der Waals surface area contributed by atoms with Crippen molar-refractivity contribution >= 4 is 0 Å². The van der Waals surface area contributed by atoms with Crippen molar-refractivity contribution in [3.05, 3.63) is 82.0 Å². The molecule has 28 heavy (non-hydrogen) atoms. The molecule has 2 heterocycles. The van der Waals surface area contributed by atoms with Gasteiger partial charge in [0.15, 0.2) is 0 Å². The number of pyridine rings is 1. The van der Waals surface area contributed by atoms with Crippen LogP contribution in [0.5, 0.6) is 0 Å². The van der Waals surface area contributed by atoms with Crippen LogP contribution >= 0.6 is 0 Å². The third-order valence-electron chi connectivity index (χ3n) is 5.04. The molecule has 3 rings (SSSR count). The normalized spacial score (nSPS) is 12.3. The highest BCUT2D eigenvalue weighted by molar-refractivity contribution is 5.56. The lowest BCUT2D eigenvalue weighted by molar-refractivity contribution is 0.252. The zero-order chi connectivity index (χ0) is 19.9. The largest absolute Gasteiger partial charge is 0.307 e. The average molecular weight is 377 g/mol. The predicted octanol–water partition coefficient (Wildman–Crippen LogP) is 4.37. The summed E-state index contributed by atoms with van der Waals surface area (Å²) in [5, 5.41) is 0. The lowest BCUT2D eigenvalue weighted by Gasteiger charge is -2.25. The van der Waals surface area contributed by atoms with E-state index in [1.807, 2.05) is 24.4 Å². The summed E-state index contributed by atoms with van der Waals surface area (Å²) in [5.74, 6) is 0.642. The van der Waals surface area contributed by atoms with Gasteiger partial charge in [0.25, 0.3) is 5.56 Å². The van der Waals surface area contributed by atoms with Crippen LogP contribution in [0.15, 0.2) is 59.7 Å². The van der Waals surface area contributed by atoms with Crippen LogP contribution in [0.1, 0.15) is 49.6 Å². The van der Waals surface area contributed by atoms with E-state index in [2.05, 4.69) is 58.9 Å². The number of aromatic nitrogens is 3. The molecule has 2 aromatic heterocycles. The molecule has 0 saturated carbocycles. The van der Waals surface area contributed by atoms with Crippen molar-refractivity contribution in [2.24, 2.45) is 0 Å². The van der Waals surface area contributed by atoms with Gasteiger partial charge in [0.1, 0.15) is 5.82 Å². The van der Waals surface area contributed by atoms with Gasteiger partial charge in [-0.25, -0.2) is 4.98 Å². The van der Waals surface area contributed by atoms with Crippen LogP contribution in [0, 0.1) is 0 Å². The maximum atomic E-state index is 12.0. The second kappa shape index (κ2) is 9.42. The SMILES string of the molecule is CCCCc1cc(=O)[nH]c(-c2cccc(CN(C)[C@@H](C)c3cccnc3)c2)n1. The third kappa shape index (κ3) is 5.14. The molecule has 0 fully saturated rings. The van der Waals surface area contributed by atoms with Gasteiger partial charge < -0.3 is 4.98 Å². The Morgan fingerprint density at radius 2 is 2.04 bits per heavy atom. The molecular weight excluding hydrogens is 348 g/mol.